The van der Waals surface area contributed by atoms with Gasteiger partial charge in [-0.3, -0.25) is 4.99 Å². The van der Waals surface area contributed by atoms with Crippen molar-refractivity contribution in [2.45, 2.75) is 45.8 Å². The summed E-state index contributed by atoms with van der Waals surface area (Å²) in [6.07, 6.45) is 0. The Balaban J connectivity index is 0.00000364. The highest BCUT2D eigenvalue weighted by Gasteiger charge is 2.22. The molecule has 1 atom stereocenters. The number of guanidine groups is 1. The molecule has 0 spiro atoms. The van der Waals surface area contributed by atoms with Gasteiger partial charge in [-0.2, -0.15) is 0 Å². The summed E-state index contributed by atoms with van der Waals surface area (Å²) in [7, 11) is 3.86. The van der Waals surface area contributed by atoms with Gasteiger partial charge in [-0.25, -0.2) is 4.98 Å². The number of aryl methyl sites for hydroxylation is 1. The number of benzene rings is 1. The maximum Gasteiger partial charge on any atom is 0.193 e. The van der Waals surface area contributed by atoms with E-state index in [1.807, 2.05) is 27.1 Å². The smallest absolute Gasteiger partial charge is 0.193 e. The molecule has 1 aromatic heterocycles. The first-order chi connectivity index (χ1) is 12.3. The molecule has 2 aromatic rings. The molecular formula is C20H32IN5S. The maximum atomic E-state index is 4.53. The molecule has 0 saturated carbocycles. The lowest BCUT2D eigenvalue weighted by atomic mass is 10.0. The molecule has 0 amide bonds. The number of aliphatic imine (C=N–C) groups is 1. The second-order valence-electron chi connectivity index (χ2n) is 7.28. The minimum Gasteiger partial charge on any atom is -0.354 e. The van der Waals surface area contributed by atoms with Crippen molar-refractivity contribution >= 4 is 41.3 Å². The Hall–Kier alpha value is -1.19. The summed E-state index contributed by atoms with van der Waals surface area (Å²) in [5.74, 6) is 0.873. The Bertz CT molecular complexity index is 714. The molecule has 0 aliphatic heterocycles. The molecule has 0 bridgehead atoms. The van der Waals surface area contributed by atoms with Gasteiger partial charge in [0.1, 0.15) is 0 Å². The zero-order valence-electron chi connectivity index (χ0n) is 17.1. The second kappa shape index (κ2) is 11.0. The van der Waals surface area contributed by atoms with E-state index in [0.29, 0.717) is 0 Å². The van der Waals surface area contributed by atoms with Crippen LogP contribution in [-0.4, -0.2) is 42.0 Å². The van der Waals surface area contributed by atoms with E-state index in [2.05, 4.69) is 75.9 Å². The quantitative estimate of drug-likeness (QED) is 0.339. The molecule has 1 unspecified atom stereocenters. The van der Waals surface area contributed by atoms with E-state index in [1.54, 1.807) is 11.3 Å². The van der Waals surface area contributed by atoms with Gasteiger partial charge in [0.25, 0.3) is 0 Å². The predicted octanol–water partition coefficient (Wildman–Crippen LogP) is 4.21. The first-order valence-electron chi connectivity index (χ1n) is 8.96. The first kappa shape index (κ1) is 23.8. The van der Waals surface area contributed by atoms with Gasteiger partial charge >= 0.3 is 0 Å². The Kier molecular flexibility index (Phi) is 9.69. The average Bonchev–Trinajstić information content (AvgIpc) is 3.00. The third-order valence-electron chi connectivity index (χ3n) is 4.23. The van der Waals surface area contributed by atoms with Crippen molar-refractivity contribution in [2.24, 2.45) is 4.99 Å². The van der Waals surface area contributed by atoms with Crippen LogP contribution >= 0.6 is 35.3 Å². The molecule has 0 fully saturated rings. The topological polar surface area (TPSA) is 52.6 Å². The molecule has 2 N–H and O–H groups in total. The van der Waals surface area contributed by atoms with E-state index in [4.69, 9.17) is 0 Å². The zero-order valence-corrected chi connectivity index (χ0v) is 20.3. The largest absolute Gasteiger partial charge is 0.354 e. The lowest BCUT2D eigenvalue weighted by Gasteiger charge is -2.32. The lowest BCUT2D eigenvalue weighted by Crippen LogP contribution is -2.52. The summed E-state index contributed by atoms with van der Waals surface area (Å²) in [6.45, 7) is 10.2. The number of thiazole rings is 1. The number of halogens is 1. The van der Waals surface area contributed by atoms with Crippen molar-refractivity contribution in [3.05, 3.63) is 52.0 Å². The van der Waals surface area contributed by atoms with Crippen LogP contribution in [0.15, 0.2) is 40.7 Å². The van der Waals surface area contributed by atoms with E-state index in [9.17, 15) is 0 Å². The monoisotopic (exact) mass is 501 g/mol. The Labute approximate surface area is 184 Å². The van der Waals surface area contributed by atoms with Crippen molar-refractivity contribution in [3.8, 4) is 0 Å². The van der Waals surface area contributed by atoms with Crippen LogP contribution in [-0.2, 0) is 6.54 Å². The van der Waals surface area contributed by atoms with E-state index < -0.39 is 0 Å². The third kappa shape index (κ3) is 7.75. The minimum absolute atomic E-state index is 0. The third-order valence-corrected chi connectivity index (χ3v) is 5.06. The summed E-state index contributed by atoms with van der Waals surface area (Å²) in [4.78, 5) is 11.0. The van der Waals surface area contributed by atoms with E-state index >= 15 is 0 Å². The fourth-order valence-electron chi connectivity index (χ4n) is 2.95. The van der Waals surface area contributed by atoms with Gasteiger partial charge in [0.15, 0.2) is 5.96 Å². The molecule has 0 radical (unpaired) electrons. The molecule has 0 aliphatic rings. The minimum atomic E-state index is -0.0801. The number of nitrogens with one attached hydrogen (secondary N) is 2. The highest BCUT2D eigenvalue weighted by Crippen LogP contribution is 2.16. The van der Waals surface area contributed by atoms with Crippen molar-refractivity contribution in [3.63, 3.8) is 0 Å². The van der Waals surface area contributed by atoms with Gasteiger partial charge in [-0.1, -0.05) is 30.3 Å². The number of aromatic nitrogens is 1. The number of rotatable bonds is 7. The van der Waals surface area contributed by atoms with Crippen LogP contribution < -0.4 is 10.6 Å². The van der Waals surface area contributed by atoms with Gasteiger partial charge in [-0.15, -0.1) is 35.3 Å². The normalized spacial score (nSPS) is 13.0. The van der Waals surface area contributed by atoms with Crippen LogP contribution in [0, 0.1) is 6.92 Å². The SMILES string of the molecule is CN=C(NCC(C)(C)NC(C)c1ccccc1)N(C)Cc1csc(C)n1.I. The highest BCUT2D eigenvalue weighted by atomic mass is 127. The molecule has 1 aromatic carbocycles. The number of hydrogen-bond acceptors (Lipinski definition) is 4. The highest BCUT2D eigenvalue weighted by molar-refractivity contribution is 14.0. The van der Waals surface area contributed by atoms with Crippen LogP contribution in [0.4, 0.5) is 0 Å². The first-order valence-corrected chi connectivity index (χ1v) is 9.84. The molecule has 0 saturated heterocycles. The second-order valence-corrected chi connectivity index (χ2v) is 8.34. The van der Waals surface area contributed by atoms with E-state index in [0.717, 1.165) is 29.8 Å². The predicted molar refractivity (Wildman–Crippen MR) is 127 cm³/mol. The summed E-state index contributed by atoms with van der Waals surface area (Å²) >= 11 is 1.68. The molecule has 2 rings (SSSR count). The summed E-state index contributed by atoms with van der Waals surface area (Å²) < 4.78 is 0. The van der Waals surface area contributed by atoms with Crippen molar-refractivity contribution in [1.29, 1.82) is 0 Å². The number of hydrogen-bond donors (Lipinski definition) is 2. The standard InChI is InChI=1S/C20H31N5S.HI/c1-15(17-10-8-7-9-11-17)24-20(3,4)14-22-19(21-5)25(6)12-18-13-26-16(2)23-18;/h7-11,13,15,24H,12,14H2,1-6H3,(H,21,22);1H. The molecule has 27 heavy (non-hydrogen) atoms. The molecule has 0 aliphatic carbocycles. The fourth-order valence-corrected chi connectivity index (χ4v) is 3.55. The van der Waals surface area contributed by atoms with Gasteiger partial charge in [-0.05, 0) is 33.3 Å². The van der Waals surface area contributed by atoms with Gasteiger partial charge in [0.2, 0.25) is 0 Å². The summed E-state index contributed by atoms with van der Waals surface area (Å²) in [5, 5.41) is 10.4. The molecular weight excluding hydrogens is 469 g/mol. The van der Waals surface area contributed by atoms with Gasteiger partial charge in [0.05, 0.1) is 17.2 Å². The van der Waals surface area contributed by atoms with Crippen molar-refractivity contribution < 1.29 is 0 Å². The summed E-state index contributed by atoms with van der Waals surface area (Å²) in [5.41, 5.74) is 2.29. The molecule has 7 heteroatoms. The van der Waals surface area contributed by atoms with E-state index in [-0.39, 0.29) is 35.6 Å². The van der Waals surface area contributed by atoms with Crippen molar-refractivity contribution in [2.75, 3.05) is 20.6 Å². The maximum absolute atomic E-state index is 4.53. The Morgan fingerprint density at radius 3 is 2.52 bits per heavy atom. The van der Waals surface area contributed by atoms with Crippen LogP contribution in [0.5, 0.6) is 0 Å². The lowest BCUT2D eigenvalue weighted by molar-refractivity contribution is 0.339. The van der Waals surface area contributed by atoms with Gasteiger partial charge < -0.3 is 15.5 Å². The van der Waals surface area contributed by atoms with E-state index in [1.165, 1.54) is 5.56 Å². The van der Waals surface area contributed by atoms with Crippen LogP contribution in [0.2, 0.25) is 0 Å². The van der Waals surface area contributed by atoms with Crippen LogP contribution in [0.1, 0.15) is 43.1 Å². The average molecular weight is 501 g/mol. The zero-order chi connectivity index (χ0) is 19.2. The summed E-state index contributed by atoms with van der Waals surface area (Å²) in [6, 6.07) is 10.8. The van der Waals surface area contributed by atoms with Crippen LogP contribution in [0.25, 0.3) is 0 Å². The van der Waals surface area contributed by atoms with Gasteiger partial charge in [0, 0.05) is 37.6 Å². The Morgan fingerprint density at radius 2 is 1.96 bits per heavy atom. The molecule has 1 heterocycles. The molecule has 150 valence electrons. The number of nitrogens with zero attached hydrogens (tertiary/aromatic N) is 3. The van der Waals surface area contributed by atoms with Crippen molar-refractivity contribution in [1.82, 2.24) is 20.5 Å². The molecule has 5 nitrogen and oxygen atoms in total. The fraction of sp³-hybridized carbons (Fsp3) is 0.500. The Morgan fingerprint density at radius 1 is 1.30 bits per heavy atom. The van der Waals surface area contributed by atoms with Crippen LogP contribution in [0.3, 0.4) is 0 Å².